The fourth-order valence-corrected chi connectivity index (χ4v) is 4.30. The summed E-state index contributed by atoms with van der Waals surface area (Å²) in [6, 6.07) is 20.4. The number of anilines is 2. The van der Waals surface area contributed by atoms with E-state index in [-0.39, 0.29) is 23.7 Å². The van der Waals surface area contributed by atoms with Gasteiger partial charge in [0, 0.05) is 24.7 Å². The average molecular weight is 440 g/mol. The fourth-order valence-electron chi connectivity index (χ4n) is 4.30. The molecule has 7 nitrogen and oxygen atoms in total. The number of aromatic nitrogens is 3. The van der Waals surface area contributed by atoms with Crippen LogP contribution in [-0.4, -0.2) is 33.8 Å². The molecule has 166 valence electrons. The zero-order chi connectivity index (χ0) is 22.6. The molecule has 1 aliphatic heterocycles. The topological polar surface area (TPSA) is 80.1 Å². The van der Waals surface area contributed by atoms with E-state index in [1.165, 1.54) is 11.1 Å². The number of nitrogens with one attached hydrogen (secondary N) is 1. The Morgan fingerprint density at radius 3 is 2.39 bits per heavy atom. The van der Waals surface area contributed by atoms with Crippen LogP contribution in [-0.2, 0) is 6.54 Å². The van der Waals surface area contributed by atoms with Crippen molar-refractivity contribution in [2.75, 3.05) is 23.3 Å². The van der Waals surface area contributed by atoms with Gasteiger partial charge in [0.25, 0.3) is 11.5 Å². The minimum atomic E-state index is -0.362. The van der Waals surface area contributed by atoms with Crippen molar-refractivity contribution in [3.05, 3.63) is 94.5 Å². The summed E-state index contributed by atoms with van der Waals surface area (Å²) in [6.45, 7) is 2.13. The molecule has 2 aromatic carbocycles. The zero-order valence-electron chi connectivity index (χ0n) is 18.3. The number of hydrogen-bond acceptors (Lipinski definition) is 5. The Morgan fingerprint density at radius 2 is 1.61 bits per heavy atom. The van der Waals surface area contributed by atoms with Crippen LogP contribution in [0, 0.1) is 0 Å². The number of pyridine rings is 1. The van der Waals surface area contributed by atoms with Crippen LogP contribution in [0.4, 0.5) is 11.5 Å². The second-order valence-electron chi connectivity index (χ2n) is 8.22. The van der Waals surface area contributed by atoms with Gasteiger partial charge in [-0.05, 0) is 43.0 Å². The predicted octanol–water partition coefficient (Wildman–Crippen LogP) is 4.08. The lowest BCUT2D eigenvalue weighted by molar-refractivity contribution is 0.102. The lowest BCUT2D eigenvalue weighted by atomic mass is 10.1. The van der Waals surface area contributed by atoms with Gasteiger partial charge in [-0.2, -0.15) is 5.10 Å². The predicted molar refractivity (Wildman–Crippen MR) is 130 cm³/mol. The van der Waals surface area contributed by atoms with Gasteiger partial charge in [0.1, 0.15) is 0 Å². The van der Waals surface area contributed by atoms with Crippen molar-refractivity contribution in [2.45, 2.75) is 25.8 Å². The zero-order valence-corrected chi connectivity index (χ0v) is 18.3. The average Bonchev–Trinajstić information content (AvgIpc) is 2.87. The van der Waals surface area contributed by atoms with E-state index in [2.05, 4.69) is 20.3 Å². The number of nitrogens with zero attached hydrogens (tertiary/aromatic N) is 4. The van der Waals surface area contributed by atoms with E-state index in [1.54, 1.807) is 24.4 Å². The van der Waals surface area contributed by atoms with Crippen LogP contribution >= 0.6 is 0 Å². The van der Waals surface area contributed by atoms with Crippen LogP contribution in [0.5, 0.6) is 0 Å². The molecular weight excluding hydrogens is 414 g/mol. The van der Waals surface area contributed by atoms with Crippen molar-refractivity contribution in [1.29, 1.82) is 0 Å². The molecule has 2 aromatic heterocycles. The SMILES string of the molecule is O=C(Nc1cccnc1N1CCCCC1)c1nn(Cc2ccccc2)c(=O)c2ccccc12. The molecule has 0 saturated carbocycles. The normalized spacial score (nSPS) is 13.8. The van der Waals surface area contributed by atoms with Crippen molar-refractivity contribution >= 4 is 28.2 Å². The van der Waals surface area contributed by atoms with Crippen molar-refractivity contribution in [2.24, 2.45) is 0 Å². The van der Waals surface area contributed by atoms with Crippen LogP contribution in [0.3, 0.4) is 0 Å². The van der Waals surface area contributed by atoms with E-state index in [0.717, 1.165) is 37.3 Å². The molecule has 4 aromatic rings. The molecule has 5 rings (SSSR count). The second-order valence-corrected chi connectivity index (χ2v) is 8.22. The van der Waals surface area contributed by atoms with Gasteiger partial charge in [0.2, 0.25) is 0 Å². The minimum Gasteiger partial charge on any atom is -0.355 e. The van der Waals surface area contributed by atoms with Crippen LogP contribution in [0.25, 0.3) is 10.8 Å². The van der Waals surface area contributed by atoms with E-state index < -0.39 is 0 Å². The van der Waals surface area contributed by atoms with Gasteiger partial charge < -0.3 is 10.2 Å². The molecule has 33 heavy (non-hydrogen) atoms. The van der Waals surface area contributed by atoms with Crippen LogP contribution in [0.1, 0.15) is 35.3 Å². The van der Waals surface area contributed by atoms with Crippen molar-refractivity contribution in [3.63, 3.8) is 0 Å². The maximum Gasteiger partial charge on any atom is 0.276 e. The molecule has 0 spiro atoms. The Balaban J connectivity index is 1.53. The first-order valence-corrected chi connectivity index (χ1v) is 11.3. The van der Waals surface area contributed by atoms with Gasteiger partial charge in [-0.15, -0.1) is 0 Å². The van der Waals surface area contributed by atoms with Gasteiger partial charge in [-0.25, -0.2) is 9.67 Å². The summed E-state index contributed by atoms with van der Waals surface area (Å²) in [4.78, 5) is 33.3. The Kier molecular flexibility index (Phi) is 5.85. The summed E-state index contributed by atoms with van der Waals surface area (Å²) in [5.41, 5.74) is 1.58. The molecule has 0 radical (unpaired) electrons. The van der Waals surface area contributed by atoms with Crippen LogP contribution < -0.4 is 15.8 Å². The highest BCUT2D eigenvalue weighted by atomic mass is 16.2. The standard InChI is InChI=1S/C26H25N5O2/c32-25(28-22-14-9-15-27-24(22)30-16-7-2-8-17-30)23-20-12-5-6-13-21(20)26(33)31(29-23)18-19-10-3-1-4-11-19/h1,3-6,9-15H,2,7-8,16-18H2,(H,28,32). The maximum atomic E-state index is 13.4. The highest BCUT2D eigenvalue weighted by molar-refractivity contribution is 6.11. The number of carbonyl (C=O) groups is 1. The molecule has 0 aliphatic carbocycles. The smallest absolute Gasteiger partial charge is 0.276 e. The summed E-state index contributed by atoms with van der Waals surface area (Å²) in [5.74, 6) is 0.409. The number of benzene rings is 2. The summed E-state index contributed by atoms with van der Waals surface area (Å²) in [5, 5.41) is 8.50. The number of rotatable bonds is 5. The summed E-state index contributed by atoms with van der Waals surface area (Å²) >= 11 is 0. The minimum absolute atomic E-state index is 0.217. The van der Waals surface area contributed by atoms with E-state index in [4.69, 9.17) is 0 Å². The maximum absolute atomic E-state index is 13.4. The molecule has 1 aliphatic rings. The first-order chi connectivity index (χ1) is 16.2. The Morgan fingerprint density at radius 1 is 0.879 bits per heavy atom. The molecule has 0 unspecified atom stereocenters. The highest BCUT2D eigenvalue weighted by Gasteiger charge is 2.21. The number of piperidine rings is 1. The van der Waals surface area contributed by atoms with Gasteiger partial charge >= 0.3 is 0 Å². The lowest BCUT2D eigenvalue weighted by Crippen LogP contribution is -2.32. The van der Waals surface area contributed by atoms with E-state index in [1.807, 2.05) is 48.5 Å². The Hall–Kier alpha value is -4.00. The third kappa shape index (κ3) is 4.35. The lowest BCUT2D eigenvalue weighted by Gasteiger charge is -2.29. The van der Waals surface area contributed by atoms with Gasteiger partial charge in [0.15, 0.2) is 11.5 Å². The molecular formula is C26H25N5O2. The first kappa shape index (κ1) is 20.9. The van der Waals surface area contributed by atoms with Gasteiger partial charge in [-0.1, -0.05) is 48.5 Å². The molecule has 1 saturated heterocycles. The van der Waals surface area contributed by atoms with Crippen molar-refractivity contribution in [3.8, 4) is 0 Å². The highest BCUT2D eigenvalue weighted by Crippen LogP contribution is 2.26. The largest absolute Gasteiger partial charge is 0.355 e. The summed E-state index contributed by atoms with van der Waals surface area (Å²) in [7, 11) is 0. The van der Waals surface area contributed by atoms with E-state index in [0.29, 0.717) is 16.5 Å². The van der Waals surface area contributed by atoms with Gasteiger partial charge in [0.05, 0.1) is 17.6 Å². The number of fused-ring (bicyclic) bond motifs is 1. The number of amides is 1. The third-order valence-electron chi connectivity index (χ3n) is 5.95. The van der Waals surface area contributed by atoms with Crippen molar-refractivity contribution in [1.82, 2.24) is 14.8 Å². The van der Waals surface area contributed by atoms with Crippen LogP contribution in [0.15, 0.2) is 77.7 Å². The van der Waals surface area contributed by atoms with Crippen molar-refractivity contribution < 1.29 is 4.79 Å². The second kappa shape index (κ2) is 9.24. The first-order valence-electron chi connectivity index (χ1n) is 11.3. The Labute approximate surface area is 191 Å². The summed E-state index contributed by atoms with van der Waals surface area (Å²) < 4.78 is 1.36. The molecule has 1 N–H and O–H groups in total. The molecule has 1 amide bonds. The Bertz CT molecular complexity index is 1340. The van der Waals surface area contributed by atoms with Gasteiger partial charge in [-0.3, -0.25) is 9.59 Å². The molecule has 1 fully saturated rings. The quantitative estimate of drug-likeness (QED) is 0.507. The number of carbonyl (C=O) groups excluding carboxylic acids is 1. The summed E-state index contributed by atoms with van der Waals surface area (Å²) in [6.07, 6.45) is 5.18. The third-order valence-corrected chi connectivity index (χ3v) is 5.95. The molecule has 0 bridgehead atoms. The van der Waals surface area contributed by atoms with Crippen LogP contribution in [0.2, 0.25) is 0 Å². The monoisotopic (exact) mass is 439 g/mol. The molecule has 3 heterocycles. The molecule has 7 heteroatoms. The fraction of sp³-hybridized carbons (Fsp3) is 0.231. The molecule has 0 atom stereocenters. The number of hydrogen-bond donors (Lipinski definition) is 1. The van der Waals surface area contributed by atoms with E-state index >= 15 is 0 Å². The van der Waals surface area contributed by atoms with E-state index in [9.17, 15) is 9.59 Å².